The molecule has 0 fully saturated rings. The fourth-order valence-electron chi connectivity index (χ4n) is 5.47. The lowest BCUT2D eigenvalue weighted by atomic mass is 9.50. The van der Waals surface area contributed by atoms with Crippen LogP contribution in [0.4, 0.5) is 0 Å². The number of nitrogens with two attached hydrogens (primary N) is 2. The van der Waals surface area contributed by atoms with Gasteiger partial charge in [0.05, 0.1) is 0 Å². The van der Waals surface area contributed by atoms with Gasteiger partial charge in [0, 0.05) is 5.54 Å². The lowest BCUT2D eigenvalue weighted by molar-refractivity contribution is -0.0275. The molecule has 0 saturated heterocycles. The quantitative estimate of drug-likeness (QED) is 0.217. The molecular formula is C26H56N2. The summed E-state index contributed by atoms with van der Waals surface area (Å²) in [5.41, 5.74) is 13.8. The van der Waals surface area contributed by atoms with Gasteiger partial charge in [0.15, 0.2) is 0 Å². The van der Waals surface area contributed by atoms with Crippen LogP contribution in [0.5, 0.6) is 0 Å². The van der Waals surface area contributed by atoms with E-state index in [0.29, 0.717) is 0 Å². The maximum absolute atomic E-state index is 7.67. The van der Waals surface area contributed by atoms with E-state index in [2.05, 4.69) is 41.5 Å². The second kappa shape index (κ2) is 14.8. The van der Waals surface area contributed by atoms with E-state index in [4.69, 9.17) is 11.5 Å². The van der Waals surface area contributed by atoms with Crippen molar-refractivity contribution in [2.45, 2.75) is 150 Å². The third-order valence-corrected chi connectivity index (χ3v) is 7.76. The van der Waals surface area contributed by atoms with Crippen molar-refractivity contribution >= 4 is 0 Å². The Morgan fingerprint density at radius 2 is 0.857 bits per heavy atom. The zero-order chi connectivity index (χ0) is 21.5. The van der Waals surface area contributed by atoms with Crippen molar-refractivity contribution in [1.82, 2.24) is 0 Å². The number of hydrogen-bond acceptors (Lipinski definition) is 2. The van der Waals surface area contributed by atoms with Crippen LogP contribution in [0.25, 0.3) is 0 Å². The van der Waals surface area contributed by atoms with Gasteiger partial charge < -0.3 is 11.5 Å². The molecule has 0 aliphatic carbocycles. The molecule has 0 spiro atoms. The SMILES string of the molecule is CCCCC(C)(CCCC)C(N)(CCCCCN)C(C)(CCCC)CCCC. The van der Waals surface area contributed by atoms with Crippen LogP contribution >= 0.6 is 0 Å². The van der Waals surface area contributed by atoms with Gasteiger partial charge in [0.2, 0.25) is 0 Å². The molecule has 0 atom stereocenters. The third-order valence-electron chi connectivity index (χ3n) is 7.76. The van der Waals surface area contributed by atoms with Crippen molar-refractivity contribution in [2.24, 2.45) is 22.3 Å². The lowest BCUT2D eigenvalue weighted by Crippen LogP contribution is -2.64. The monoisotopic (exact) mass is 396 g/mol. The maximum atomic E-state index is 7.67. The Labute approximate surface area is 179 Å². The van der Waals surface area contributed by atoms with E-state index < -0.39 is 0 Å². The molecule has 0 saturated carbocycles. The average molecular weight is 397 g/mol. The highest BCUT2D eigenvalue weighted by atomic mass is 14.8. The Bertz CT molecular complexity index is 321. The van der Waals surface area contributed by atoms with Gasteiger partial charge in [-0.3, -0.25) is 0 Å². The highest BCUT2D eigenvalue weighted by Crippen LogP contribution is 2.55. The minimum absolute atomic E-state index is 0.0801. The van der Waals surface area contributed by atoms with Gasteiger partial charge in [-0.05, 0) is 55.9 Å². The van der Waals surface area contributed by atoms with E-state index in [0.717, 1.165) is 13.0 Å². The van der Waals surface area contributed by atoms with Gasteiger partial charge >= 0.3 is 0 Å². The van der Waals surface area contributed by atoms with E-state index in [-0.39, 0.29) is 16.4 Å². The van der Waals surface area contributed by atoms with Crippen molar-refractivity contribution in [3.8, 4) is 0 Å². The van der Waals surface area contributed by atoms with Crippen molar-refractivity contribution in [2.75, 3.05) is 6.54 Å². The Morgan fingerprint density at radius 1 is 0.500 bits per heavy atom. The fraction of sp³-hybridized carbons (Fsp3) is 1.00. The first-order valence-corrected chi connectivity index (χ1v) is 12.8. The van der Waals surface area contributed by atoms with E-state index in [9.17, 15) is 0 Å². The highest BCUT2D eigenvalue weighted by Gasteiger charge is 2.54. The Morgan fingerprint density at radius 3 is 1.14 bits per heavy atom. The summed E-state index contributed by atoms with van der Waals surface area (Å²) in [5.74, 6) is 0. The van der Waals surface area contributed by atoms with Crippen LogP contribution in [0, 0.1) is 10.8 Å². The van der Waals surface area contributed by atoms with Crippen molar-refractivity contribution in [3.63, 3.8) is 0 Å². The molecule has 0 radical (unpaired) electrons. The Hall–Kier alpha value is -0.0800. The molecular weight excluding hydrogens is 340 g/mol. The van der Waals surface area contributed by atoms with Gasteiger partial charge in [-0.15, -0.1) is 0 Å². The lowest BCUT2D eigenvalue weighted by Gasteiger charge is -2.58. The molecule has 0 amide bonds. The first-order valence-electron chi connectivity index (χ1n) is 12.8. The summed E-state index contributed by atoms with van der Waals surface area (Å²) in [6.45, 7) is 15.2. The largest absolute Gasteiger partial charge is 0.330 e. The van der Waals surface area contributed by atoms with Gasteiger partial charge in [-0.2, -0.15) is 0 Å². The molecule has 0 aliphatic rings. The minimum atomic E-state index is -0.0801. The molecule has 0 aromatic carbocycles. The molecule has 2 nitrogen and oxygen atoms in total. The average Bonchev–Trinajstić information content (AvgIpc) is 2.70. The number of hydrogen-bond donors (Lipinski definition) is 2. The maximum Gasteiger partial charge on any atom is 0.0263 e. The Balaban J connectivity index is 5.97. The summed E-state index contributed by atoms with van der Waals surface area (Å²) in [4.78, 5) is 0. The smallest absolute Gasteiger partial charge is 0.0263 e. The van der Waals surface area contributed by atoms with Crippen molar-refractivity contribution in [1.29, 1.82) is 0 Å². The van der Waals surface area contributed by atoms with Crippen LogP contribution in [-0.4, -0.2) is 12.1 Å². The van der Waals surface area contributed by atoms with Crippen LogP contribution in [0.1, 0.15) is 144 Å². The summed E-state index contributed by atoms with van der Waals surface area (Å²) < 4.78 is 0. The molecule has 4 N–H and O–H groups in total. The zero-order valence-corrected chi connectivity index (χ0v) is 20.7. The van der Waals surface area contributed by atoms with Crippen LogP contribution in [0.2, 0.25) is 0 Å². The predicted octanol–water partition coefficient (Wildman–Crippen LogP) is 7.98. The van der Waals surface area contributed by atoms with Crippen LogP contribution in [0.3, 0.4) is 0 Å². The van der Waals surface area contributed by atoms with Gasteiger partial charge in [0.1, 0.15) is 0 Å². The van der Waals surface area contributed by atoms with Gasteiger partial charge in [0.25, 0.3) is 0 Å². The number of rotatable bonds is 19. The number of unbranched alkanes of at least 4 members (excludes halogenated alkanes) is 6. The summed E-state index contributed by atoms with van der Waals surface area (Å²) in [6.07, 6.45) is 20.2. The van der Waals surface area contributed by atoms with E-state index in [1.54, 1.807) is 0 Å². The molecule has 0 unspecified atom stereocenters. The van der Waals surface area contributed by atoms with E-state index in [1.165, 1.54) is 96.3 Å². The van der Waals surface area contributed by atoms with Crippen LogP contribution in [0.15, 0.2) is 0 Å². The van der Waals surface area contributed by atoms with Gasteiger partial charge in [-0.1, -0.05) is 106 Å². The standard InChI is InChI=1S/C26H56N2/c1-7-11-18-24(5,19-12-8-2)26(28,22-16-15-17-23-27)25(6,20-13-9-3)21-14-10-4/h7-23,27-28H2,1-6H3. The summed E-state index contributed by atoms with van der Waals surface area (Å²) in [7, 11) is 0. The molecule has 0 aromatic rings. The predicted molar refractivity (Wildman–Crippen MR) is 129 cm³/mol. The van der Waals surface area contributed by atoms with E-state index >= 15 is 0 Å². The molecule has 2 heteroatoms. The molecule has 0 aromatic heterocycles. The first-order chi connectivity index (χ1) is 13.3. The topological polar surface area (TPSA) is 52.0 Å². The Kier molecular flexibility index (Phi) is 14.8. The molecule has 0 bridgehead atoms. The van der Waals surface area contributed by atoms with Crippen molar-refractivity contribution in [3.05, 3.63) is 0 Å². The third kappa shape index (κ3) is 7.98. The molecule has 0 rings (SSSR count). The van der Waals surface area contributed by atoms with Crippen LogP contribution < -0.4 is 11.5 Å². The molecule has 0 heterocycles. The summed E-state index contributed by atoms with van der Waals surface area (Å²) in [6, 6.07) is 0. The van der Waals surface area contributed by atoms with Gasteiger partial charge in [-0.25, -0.2) is 0 Å². The van der Waals surface area contributed by atoms with E-state index in [1.807, 2.05) is 0 Å². The fourth-order valence-corrected chi connectivity index (χ4v) is 5.47. The summed E-state index contributed by atoms with van der Waals surface area (Å²) in [5, 5.41) is 0. The minimum Gasteiger partial charge on any atom is -0.330 e. The zero-order valence-electron chi connectivity index (χ0n) is 20.7. The molecule has 0 aliphatic heterocycles. The second-order valence-corrected chi connectivity index (χ2v) is 10.1. The normalized spacial score (nSPS) is 13.3. The van der Waals surface area contributed by atoms with Crippen molar-refractivity contribution < 1.29 is 0 Å². The van der Waals surface area contributed by atoms with Crippen LogP contribution in [-0.2, 0) is 0 Å². The first kappa shape index (κ1) is 27.9. The molecule has 170 valence electrons. The molecule has 28 heavy (non-hydrogen) atoms. The second-order valence-electron chi connectivity index (χ2n) is 10.1. The summed E-state index contributed by atoms with van der Waals surface area (Å²) >= 11 is 0. The highest BCUT2D eigenvalue weighted by molar-refractivity contribution is 5.09.